The van der Waals surface area contributed by atoms with Crippen molar-refractivity contribution in [3.05, 3.63) is 136 Å². The number of aliphatic hydroxyl groups is 1. The van der Waals surface area contributed by atoms with Gasteiger partial charge in [-0.1, -0.05) is 54.1 Å². The molecule has 4 aromatic carbocycles. The van der Waals surface area contributed by atoms with E-state index < -0.39 is 53.7 Å². The molecule has 66 heavy (non-hydrogen) atoms. The molecule has 0 saturated carbocycles. The van der Waals surface area contributed by atoms with Gasteiger partial charge in [-0.3, -0.25) is 19.2 Å². The Hall–Kier alpha value is -6.09. The Kier molecular flexibility index (Phi) is 13.9. The Labute approximate surface area is 389 Å². The van der Waals surface area contributed by atoms with Crippen molar-refractivity contribution in [2.75, 3.05) is 33.8 Å². The minimum atomic E-state index is -1.37. The summed E-state index contributed by atoms with van der Waals surface area (Å²) in [4.78, 5) is 67.9. The van der Waals surface area contributed by atoms with E-state index in [9.17, 15) is 19.5 Å². The number of aryl methyl sites for hydroxylation is 1. The van der Waals surface area contributed by atoms with Gasteiger partial charge in [0.25, 0.3) is 0 Å². The third-order valence-electron chi connectivity index (χ3n) is 13.4. The van der Waals surface area contributed by atoms with Gasteiger partial charge in [-0.05, 0) is 118 Å². The molecule has 2 saturated heterocycles. The second-order valence-electron chi connectivity index (χ2n) is 18.3. The van der Waals surface area contributed by atoms with E-state index in [4.69, 9.17) is 16.3 Å². The van der Waals surface area contributed by atoms with E-state index >= 15 is 9.18 Å². The predicted octanol–water partition coefficient (Wildman–Crippen LogP) is 6.40. The molecule has 0 radical (unpaired) electrons. The van der Waals surface area contributed by atoms with Crippen molar-refractivity contribution in [1.82, 2.24) is 34.9 Å². The number of aromatic nitrogens is 2. The number of hydrogen-bond donors (Lipinski definition) is 3. The average Bonchev–Trinajstić information content (AvgIpc) is 3.89. The Balaban J connectivity index is 1.08. The number of amides is 4. The highest BCUT2D eigenvalue weighted by atomic mass is 35.5. The van der Waals surface area contributed by atoms with Gasteiger partial charge in [-0.2, -0.15) is 0 Å². The highest BCUT2D eigenvalue weighted by Crippen LogP contribution is 2.42. The molecule has 1 unspecified atom stereocenters. The molecule has 3 aliphatic rings. The first-order chi connectivity index (χ1) is 31.7. The fraction of sp³-hybridized carbons (Fsp3) is 0.392. The Morgan fingerprint density at radius 1 is 0.955 bits per heavy atom. The summed E-state index contributed by atoms with van der Waals surface area (Å²) in [5.41, 5.74) is 4.06. The molecule has 2 bridgehead atoms. The minimum absolute atomic E-state index is 0.116. The number of rotatable bonds is 11. The molecular weight excluding hydrogens is 861 g/mol. The Morgan fingerprint density at radius 3 is 2.42 bits per heavy atom. The largest absolute Gasteiger partial charge is 0.457 e. The van der Waals surface area contributed by atoms with Crippen LogP contribution in [0.5, 0.6) is 11.5 Å². The topological polar surface area (TPSA) is 149 Å². The van der Waals surface area contributed by atoms with Crippen molar-refractivity contribution in [1.29, 1.82) is 0 Å². The number of halogens is 2. The lowest BCUT2D eigenvalue weighted by Gasteiger charge is -2.46. The molecule has 346 valence electrons. The summed E-state index contributed by atoms with van der Waals surface area (Å²) >= 11 is 6.22. The molecule has 8 rings (SSSR count). The second kappa shape index (κ2) is 19.8. The highest BCUT2D eigenvalue weighted by Gasteiger charge is 2.45. The third kappa shape index (κ3) is 10.2. The number of ether oxygens (including phenoxy) is 1. The zero-order valence-electron chi connectivity index (χ0n) is 37.8. The minimum Gasteiger partial charge on any atom is -0.457 e. The van der Waals surface area contributed by atoms with E-state index in [0.717, 1.165) is 40.2 Å². The van der Waals surface area contributed by atoms with Gasteiger partial charge in [-0.25, -0.2) is 9.37 Å². The maximum Gasteiger partial charge on any atom is 0.245 e. The summed E-state index contributed by atoms with van der Waals surface area (Å²) in [5, 5.41) is 16.9. The van der Waals surface area contributed by atoms with Gasteiger partial charge < -0.3 is 39.7 Å². The van der Waals surface area contributed by atoms with E-state index in [1.165, 1.54) is 24.0 Å². The summed E-state index contributed by atoms with van der Waals surface area (Å²) in [6.07, 6.45) is 4.44. The van der Waals surface area contributed by atoms with Crippen molar-refractivity contribution < 1.29 is 33.4 Å². The van der Waals surface area contributed by atoms with Crippen molar-refractivity contribution in [2.24, 2.45) is 13.0 Å². The molecule has 3 heterocycles. The molecule has 4 amide bonds. The monoisotopic (exact) mass is 917 g/mol. The van der Waals surface area contributed by atoms with Gasteiger partial charge >= 0.3 is 0 Å². The summed E-state index contributed by atoms with van der Waals surface area (Å²) < 4.78 is 24.3. The lowest BCUT2D eigenvalue weighted by atomic mass is 9.80. The molecule has 2 fully saturated rings. The maximum atomic E-state index is 16.2. The Bertz CT molecular complexity index is 2590. The van der Waals surface area contributed by atoms with Crippen LogP contribution in [-0.2, 0) is 52.2 Å². The summed E-state index contributed by atoms with van der Waals surface area (Å²) in [6.45, 7) is 1.73. The molecule has 1 aliphatic carbocycles. The van der Waals surface area contributed by atoms with Crippen LogP contribution in [0.2, 0.25) is 5.02 Å². The Morgan fingerprint density at radius 2 is 1.70 bits per heavy atom. The number of benzene rings is 4. The van der Waals surface area contributed by atoms with E-state index in [1.807, 2.05) is 85.3 Å². The molecule has 2 aliphatic heterocycles. The number of nitrogens with one attached hydrogen (secondary N) is 2. The van der Waals surface area contributed by atoms with Crippen LogP contribution in [0.1, 0.15) is 66.6 Å². The lowest BCUT2D eigenvalue weighted by Crippen LogP contribution is -2.65. The number of aliphatic hydroxyl groups excluding tert-OH is 1. The first-order valence-electron chi connectivity index (χ1n) is 22.6. The first kappa shape index (κ1) is 46.4. The number of hydrogen-bond acceptors (Lipinski definition) is 8. The summed E-state index contributed by atoms with van der Waals surface area (Å²) in [7, 11) is 5.95. The van der Waals surface area contributed by atoms with Crippen LogP contribution < -0.4 is 15.4 Å². The highest BCUT2D eigenvalue weighted by molar-refractivity contribution is 6.30. The van der Waals surface area contributed by atoms with Crippen molar-refractivity contribution in [3.63, 3.8) is 0 Å². The number of fused-ring (bicyclic) bond motifs is 3. The second-order valence-corrected chi connectivity index (χ2v) is 18.7. The van der Waals surface area contributed by atoms with Crippen LogP contribution in [0.25, 0.3) is 11.3 Å². The van der Waals surface area contributed by atoms with Gasteiger partial charge in [0.05, 0.1) is 36.5 Å². The predicted molar refractivity (Wildman–Crippen MR) is 249 cm³/mol. The fourth-order valence-corrected chi connectivity index (χ4v) is 9.98. The molecule has 13 nitrogen and oxygen atoms in total. The zero-order chi connectivity index (χ0) is 46.7. The first-order valence-corrected chi connectivity index (χ1v) is 22.9. The standard InChI is InChI=1S/C51H57ClFN7O6/c1-32-48(63)55-44(30-61)49(64)56-51(26-33-10-16-37(52)17-11-33)22-7-23-59(31-51)50(65)42(41-21-15-34-8-5-6-9-40(34)41)25-47(62)60(32)28-36-14-20-39(24-43(36)53)66-38-18-12-35(13-19-38)45-27-54-46(58(45)4)29-57(2)3/h5-6,8-14,16-20,24,27,32,41-42,44,61H,7,15,21-23,25-26,28-31H2,1-4H3,(H,55,63)(H,56,64)/t32-,41?,42-,44-,51+/m0/s1. The van der Waals surface area contributed by atoms with Crippen molar-refractivity contribution >= 4 is 35.2 Å². The SMILES string of the molecule is C[C@H]1C(=O)N[C@@H](CO)C(=O)N[C@@]2(Cc3ccc(Cl)cc3)CCCN(C2)C(=O)[C@H](C2CCc3ccccc32)CC(=O)N1Cc1ccc(Oc2ccc(-c3cnc(CN(C)C)n3C)cc2)cc1F. The molecule has 5 atom stereocenters. The number of carbonyl (C=O) groups excluding carboxylic acids is 4. The van der Waals surface area contributed by atoms with Gasteiger partial charge in [0.15, 0.2) is 0 Å². The van der Waals surface area contributed by atoms with Crippen molar-refractivity contribution in [2.45, 2.75) is 82.1 Å². The normalized spacial score (nSPS) is 22.8. The van der Waals surface area contributed by atoms with Crippen LogP contribution in [0.4, 0.5) is 4.39 Å². The summed E-state index contributed by atoms with van der Waals surface area (Å²) in [6, 6.07) is 24.4. The molecular formula is C51H57ClFN7O6. The number of imidazole rings is 1. The van der Waals surface area contributed by atoms with Gasteiger partial charge in [0, 0.05) is 55.3 Å². The number of carbonyl (C=O) groups is 4. The van der Waals surface area contributed by atoms with Crippen LogP contribution in [0, 0.1) is 11.7 Å². The van der Waals surface area contributed by atoms with Gasteiger partial charge in [0.1, 0.15) is 35.2 Å². The molecule has 0 spiro atoms. The van der Waals surface area contributed by atoms with E-state index in [2.05, 4.69) is 15.6 Å². The van der Waals surface area contributed by atoms with Gasteiger partial charge in [-0.15, -0.1) is 0 Å². The number of nitrogens with zero attached hydrogens (tertiary/aromatic N) is 5. The van der Waals surface area contributed by atoms with Crippen LogP contribution in [0.15, 0.2) is 97.2 Å². The van der Waals surface area contributed by atoms with E-state index in [0.29, 0.717) is 49.5 Å². The van der Waals surface area contributed by atoms with E-state index in [-0.39, 0.29) is 42.6 Å². The molecule has 3 N–H and O–H groups in total. The maximum absolute atomic E-state index is 16.2. The molecule has 1 aromatic heterocycles. The van der Waals surface area contributed by atoms with Gasteiger partial charge in [0.2, 0.25) is 23.6 Å². The fourth-order valence-electron chi connectivity index (χ4n) is 9.85. The van der Waals surface area contributed by atoms with Crippen LogP contribution >= 0.6 is 11.6 Å². The van der Waals surface area contributed by atoms with E-state index in [1.54, 1.807) is 35.2 Å². The number of piperidine rings is 1. The average molecular weight is 919 g/mol. The third-order valence-corrected chi connectivity index (χ3v) is 13.6. The molecule has 15 heteroatoms. The zero-order valence-corrected chi connectivity index (χ0v) is 38.6. The van der Waals surface area contributed by atoms with Crippen molar-refractivity contribution in [3.8, 4) is 22.8 Å². The smallest absolute Gasteiger partial charge is 0.245 e. The lowest BCUT2D eigenvalue weighted by molar-refractivity contribution is -0.148. The van der Waals surface area contributed by atoms with Crippen LogP contribution in [-0.4, -0.2) is 104 Å². The quantitative estimate of drug-likeness (QED) is 0.138. The summed E-state index contributed by atoms with van der Waals surface area (Å²) in [5.74, 6) is -2.20. The van der Waals surface area contributed by atoms with Crippen LogP contribution in [0.3, 0.4) is 0 Å². The molecule has 5 aromatic rings.